The molecule has 8 nitrogen and oxygen atoms in total. The van der Waals surface area contributed by atoms with Crippen molar-refractivity contribution in [1.29, 1.82) is 0 Å². The molecule has 0 aliphatic carbocycles. The number of aryl methyl sites for hydroxylation is 1. The smallest absolute Gasteiger partial charge is 0.273 e. The summed E-state index contributed by atoms with van der Waals surface area (Å²) in [5.41, 5.74) is 4.55. The van der Waals surface area contributed by atoms with Crippen molar-refractivity contribution in [3.63, 3.8) is 0 Å². The summed E-state index contributed by atoms with van der Waals surface area (Å²) in [5, 5.41) is 18.7. The topological polar surface area (TPSA) is 110 Å². The molecule has 0 fully saturated rings. The minimum atomic E-state index is -0.547. The van der Waals surface area contributed by atoms with E-state index in [0.717, 1.165) is 10.2 Å². The Labute approximate surface area is 165 Å². The number of hydrazone groups is 1. The first-order valence-electron chi connectivity index (χ1n) is 8.70. The van der Waals surface area contributed by atoms with E-state index in [0.29, 0.717) is 22.7 Å². The van der Waals surface area contributed by atoms with Crippen LogP contribution in [0.25, 0.3) is 10.2 Å². The molecule has 3 rings (SSSR count). The molecule has 1 amide bonds. The summed E-state index contributed by atoms with van der Waals surface area (Å²) in [6.45, 7) is 3.56. The zero-order valence-corrected chi connectivity index (χ0v) is 16.2. The number of nitro benzene ring substituents is 1. The molecule has 0 aliphatic heterocycles. The molecule has 9 heteroatoms. The van der Waals surface area contributed by atoms with Crippen LogP contribution in [-0.2, 0) is 11.2 Å². The average molecular weight is 397 g/mol. The van der Waals surface area contributed by atoms with E-state index < -0.39 is 11.0 Å². The fourth-order valence-corrected chi connectivity index (χ4v) is 3.53. The quantitative estimate of drug-likeness (QED) is 0.359. The summed E-state index contributed by atoms with van der Waals surface area (Å²) in [7, 11) is 0. The highest BCUT2D eigenvalue weighted by molar-refractivity contribution is 7.22. The van der Waals surface area contributed by atoms with Gasteiger partial charge in [0.05, 0.1) is 21.4 Å². The number of nitro groups is 1. The number of rotatable bonds is 7. The number of nitrogens with zero attached hydrogens (tertiary/aromatic N) is 3. The summed E-state index contributed by atoms with van der Waals surface area (Å²) in [4.78, 5) is 27.3. The van der Waals surface area contributed by atoms with E-state index in [1.54, 1.807) is 19.1 Å². The maximum absolute atomic E-state index is 12.2. The van der Waals surface area contributed by atoms with E-state index in [1.807, 2.05) is 31.2 Å². The first kappa shape index (κ1) is 19.4. The van der Waals surface area contributed by atoms with E-state index in [-0.39, 0.29) is 11.6 Å². The lowest BCUT2D eigenvalue weighted by Gasteiger charge is -2.10. The molecule has 1 atom stereocenters. The van der Waals surface area contributed by atoms with Crippen LogP contribution in [0, 0.1) is 10.1 Å². The minimum Gasteiger partial charge on any atom is -0.350 e. The van der Waals surface area contributed by atoms with Gasteiger partial charge in [-0.1, -0.05) is 42.5 Å². The number of hydrogen-bond donors (Lipinski definition) is 2. The number of carbonyl (C=O) groups excluding carboxylic acids is 1. The second kappa shape index (κ2) is 8.57. The van der Waals surface area contributed by atoms with Crippen LogP contribution in [0.3, 0.4) is 0 Å². The molecule has 0 spiro atoms. The number of hydrogen-bond acceptors (Lipinski definition) is 7. The van der Waals surface area contributed by atoms with Crippen molar-refractivity contribution in [3.05, 3.63) is 63.7 Å². The Kier molecular flexibility index (Phi) is 5.95. The monoisotopic (exact) mass is 397 g/mol. The molecule has 0 saturated carbocycles. The zero-order chi connectivity index (χ0) is 20.1. The second-order valence-corrected chi connectivity index (χ2v) is 7.12. The third kappa shape index (κ3) is 4.49. The SMILES string of the molecule is CCc1ccc(/C=N\NC(=O)[C@@H](C)Nc2nc3ccccc3s2)cc1[N+](=O)[O-]. The van der Waals surface area contributed by atoms with Gasteiger partial charge in [0.2, 0.25) is 0 Å². The third-order valence-electron chi connectivity index (χ3n) is 4.10. The first-order chi connectivity index (χ1) is 13.5. The van der Waals surface area contributed by atoms with Crippen molar-refractivity contribution < 1.29 is 9.72 Å². The number of aromatic nitrogens is 1. The van der Waals surface area contributed by atoms with Gasteiger partial charge in [-0.25, -0.2) is 10.4 Å². The Balaban J connectivity index is 1.61. The van der Waals surface area contributed by atoms with E-state index in [1.165, 1.54) is 23.6 Å². The van der Waals surface area contributed by atoms with Gasteiger partial charge < -0.3 is 5.32 Å². The second-order valence-electron chi connectivity index (χ2n) is 6.09. The summed E-state index contributed by atoms with van der Waals surface area (Å²) < 4.78 is 1.03. The van der Waals surface area contributed by atoms with E-state index in [9.17, 15) is 14.9 Å². The molecule has 0 aliphatic rings. The highest BCUT2D eigenvalue weighted by Gasteiger charge is 2.15. The van der Waals surface area contributed by atoms with Crippen LogP contribution in [-0.4, -0.2) is 28.1 Å². The molecule has 144 valence electrons. The van der Waals surface area contributed by atoms with Gasteiger partial charge in [0.1, 0.15) is 6.04 Å². The Hall–Kier alpha value is -3.33. The number of carbonyl (C=O) groups is 1. The predicted octanol–water partition coefficient (Wildman–Crippen LogP) is 3.72. The molecule has 1 heterocycles. The van der Waals surface area contributed by atoms with Gasteiger partial charge in [0.25, 0.3) is 11.6 Å². The van der Waals surface area contributed by atoms with Gasteiger partial charge in [0, 0.05) is 17.2 Å². The van der Waals surface area contributed by atoms with Crippen molar-refractivity contribution >= 4 is 44.5 Å². The fraction of sp³-hybridized carbons (Fsp3) is 0.211. The lowest BCUT2D eigenvalue weighted by molar-refractivity contribution is -0.385. The van der Waals surface area contributed by atoms with Gasteiger partial charge in [0.15, 0.2) is 5.13 Å². The molecule has 1 aromatic heterocycles. The minimum absolute atomic E-state index is 0.0450. The lowest BCUT2D eigenvalue weighted by atomic mass is 10.1. The van der Waals surface area contributed by atoms with Crippen LogP contribution in [0.2, 0.25) is 0 Å². The molecule has 0 saturated heterocycles. The standard InChI is InChI=1S/C19H19N5O3S/c1-3-14-9-8-13(10-16(14)24(26)27)11-20-23-18(25)12(2)21-19-22-15-6-4-5-7-17(15)28-19/h4-12H,3H2,1-2H3,(H,21,22)(H,23,25)/b20-11-/t12-/m1/s1. The predicted molar refractivity (Wildman–Crippen MR) is 111 cm³/mol. The van der Waals surface area contributed by atoms with Crippen LogP contribution in [0.5, 0.6) is 0 Å². The van der Waals surface area contributed by atoms with Gasteiger partial charge in [-0.05, 0) is 25.5 Å². The lowest BCUT2D eigenvalue weighted by Crippen LogP contribution is -2.34. The number of nitrogens with one attached hydrogen (secondary N) is 2. The van der Waals surface area contributed by atoms with Crippen LogP contribution < -0.4 is 10.7 Å². The van der Waals surface area contributed by atoms with Crippen molar-refractivity contribution in [2.75, 3.05) is 5.32 Å². The number of thiazole rings is 1. The Morgan fingerprint density at radius 1 is 1.36 bits per heavy atom. The molecule has 0 unspecified atom stereocenters. The highest BCUT2D eigenvalue weighted by atomic mass is 32.1. The number of para-hydroxylation sites is 1. The Bertz CT molecular complexity index is 1010. The van der Waals surface area contributed by atoms with Gasteiger partial charge in [-0.3, -0.25) is 14.9 Å². The molecular weight excluding hydrogens is 378 g/mol. The molecule has 0 radical (unpaired) electrons. The molecule has 0 bridgehead atoms. The summed E-state index contributed by atoms with van der Waals surface area (Å²) in [6.07, 6.45) is 1.95. The Morgan fingerprint density at radius 3 is 2.86 bits per heavy atom. The van der Waals surface area contributed by atoms with Crippen molar-refractivity contribution in [3.8, 4) is 0 Å². The van der Waals surface area contributed by atoms with Crippen LogP contribution >= 0.6 is 11.3 Å². The summed E-state index contributed by atoms with van der Waals surface area (Å²) in [6, 6.07) is 12.0. The van der Waals surface area contributed by atoms with Crippen molar-refractivity contribution in [2.24, 2.45) is 5.10 Å². The number of amides is 1. The van der Waals surface area contributed by atoms with E-state index >= 15 is 0 Å². The van der Waals surface area contributed by atoms with Crippen molar-refractivity contribution in [1.82, 2.24) is 10.4 Å². The summed E-state index contributed by atoms with van der Waals surface area (Å²) >= 11 is 1.47. The van der Waals surface area contributed by atoms with Gasteiger partial charge >= 0.3 is 0 Å². The van der Waals surface area contributed by atoms with Gasteiger partial charge in [-0.2, -0.15) is 5.10 Å². The molecule has 28 heavy (non-hydrogen) atoms. The fourth-order valence-electron chi connectivity index (χ4n) is 2.58. The zero-order valence-electron chi connectivity index (χ0n) is 15.4. The average Bonchev–Trinajstić information content (AvgIpc) is 3.09. The van der Waals surface area contributed by atoms with E-state index in [2.05, 4.69) is 20.8 Å². The molecule has 3 aromatic rings. The largest absolute Gasteiger partial charge is 0.350 e. The van der Waals surface area contributed by atoms with Gasteiger partial charge in [-0.15, -0.1) is 0 Å². The number of benzene rings is 2. The van der Waals surface area contributed by atoms with Crippen LogP contribution in [0.4, 0.5) is 10.8 Å². The first-order valence-corrected chi connectivity index (χ1v) is 9.52. The maximum Gasteiger partial charge on any atom is 0.273 e. The van der Waals surface area contributed by atoms with E-state index in [4.69, 9.17) is 0 Å². The number of anilines is 1. The van der Waals surface area contributed by atoms with Crippen LogP contribution in [0.15, 0.2) is 47.6 Å². The summed E-state index contributed by atoms with van der Waals surface area (Å²) in [5.74, 6) is -0.338. The number of fused-ring (bicyclic) bond motifs is 1. The molecular formula is C19H19N5O3S. The normalized spacial score (nSPS) is 12.2. The highest BCUT2D eigenvalue weighted by Crippen LogP contribution is 2.25. The Morgan fingerprint density at radius 2 is 2.14 bits per heavy atom. The molecule has 2 aromatic carbocycles. The maximum atomic E-state index is 12.2. The van der Waals surface area contributed by atoms with Crippen molar-refractivity contribution in [2.45, 2.75) is 26.3 Å². The molecule has 2 N–H and O–H groups in total. The third-order valence-corrected chi connectivity index (χ3v) is 5.07. The van der Waals surface area contributed by atoms with Crippen LogP contribution in [0.1, 0.15) is 25.0 Å².